The molecule has 0 unspecified atom stereocenters. The van der Waals surface area contributed by atoms with Gasteiger partial charge in [-0.1, -0.05) is 26.7 Å². The molecule has 5 rings (SSSR count). The molecule has 0 radical (unpaired) electrons. The lowest BCUT2D eigenvalue weighted by Gasteiger charge is -2.09. The average Bonchev–Trinajstić information content (AvgIpc) is 3.08. The molecule has 0 saturated carbocycles. The minimum Gasteiger partial charge on any atom is -0.375 e. The highest BCUT2D eigenvalue weighted by molar-refractivity contribution is 6.08. The van der Waals surface area contributed by atoms with Crippen LogP contribution in [0.5, 0.6) is 0 Å². The first kappa shape index (κ1) is 32.7. The van der Waals surface area contributed by atoms with Gasteiger partial charge in [0.05, 0.1) is 0 Å². The van der Waals surface area contributed by atoms with Gasteiger partial charge >= 0.3 is 0 Å². The van der Waals surface area contributed by atoms with E-state index in [4.69, 9.17) is 9.47 Å². The minimum atomic E-state index is -0.238. The van der Waals surface area contributed by atoms with Crippen molar-refractivity contribution >= 4 is 45.0 Å². The molecule has 238 valence electrons. The van der Waals surface area contributed by atoms with Gasteiger partial charge in [-0.2, -0.15) is 9.13 Å². The molecule has 0 aliphatic carbocycles. The van der Waals surface area contributed by atoms with E-state index in [1.165, 1.54) is 0 Å². The van der Waals surface area contributed by atoms with E-state index in [0.717, 1.165) is 73.8 Å². The molecule has 2 heterocycles. The first-order valence-electron chi connectivity index (χ1n) is 16.3. The van der Waals surface area contributed by atoms with Gasteiger partial charge in [-0.05, 0) is 73.5 Å². The fourth-order valence-electron chi connectivity index (χ4n) is 5.31. The number of anilines is 2. The lowest BCUT2D eigenvalue weighted by atomic mass is 10.1. The highest BCUT2D eigenvalue weighted by atomic mass is 16.5. The summed E-state index contributed by atoms with van der Waals surface area (Å²) in [6, 6.07) is 26.5. The van der Waals surface area contributed by atoms with Crippen LogP contribution in [0.1, 0.15) is 60.2 Å². The van der Waals surface area contributed by atoms with Crippen LogP contribution >= 0.6 is 0 Å². The van der Waals surface area contributed by atoms with Crippen molar-refractivity contribution in [2.75, 3.05) is 37.1 Å². The standard InChI is InChI=1S/C38H42N4O4/c1-3-5-23-45-25-21-41-19-7-9-31-27-33(15-17-35(31)41)39-37(43)29-11-13-30(14-12-29)38(44)40-34-16-18-36-32(28-34)10-8-20-42(36)22-26-46-24-6-4-2/h7-20,27-28H,3-6,21-26H2,1-2H3/p+2. The number of fused-ring (bicyclic) bond motifs is 2. The van der Waals surface area contributed by atoms with Crippen molar-refractivity contribution in [2.45, 2.75) is 52.6 Å². The third kappa shape index (κ3) is 8.74. The van der Waals surface area contributed by atoms with E-state index in [0.29, 0.717) is 35.7 Å². The number of carbonyl (C=O) groups is 2. The van der Waals surface area contributed by atoms with E-state index >= 15 is 0 Å². The van der Waals surface area contributed by atoms with Crippen LogP contribution in [-0.2, 0) is 22.6 Å². The molecular formula is C38H44N4O4+2. The van der Waals surface area contributed by atoms with Crippen LogP contribution in [0.4, 0.5) is 11.4 Å². The summed E-state index contributed by atoms with van der Waals surface area (Å²) in [5.74, 6) is -0.476. The van der Waals surface area contributed by atoms with Crippen LogP contribution in [0.25, 0.3) is 21.8 Å². The number of benzene rings is 3. The van der Waals surface area contributed by atoms with E-state index in [-0.39, 0.29) is 11.8 Å². The van der Waals surface area contributed by atoms with E-state index in [2.05, 4.69) is 33.6 Å². The molecule has 0 saturated heterocycles. The summed E-state index contributed by atoms with van der Waals surface area (Å²) in [5, 5.41) is 8.03. The number of rotatable bonds is 16. The van der Waals surface area contributed by atoms with Crippen molar-refractivity contribution in [1.82, 2.24) is 0 Å². The maximum Gasteiger partial charge on any atom is 0.255 e. The molecule has 0 aliphatic rings. The number of pyridine rings is 2. The Balaban J connectivity index is 1.17. The molecule has 8 heteroatoms. The van der Waals surface area contributed by atoms with E-state index in [1.807, 2.05) is 73.1 Å². The number of ether oxygens (including phenoxy) is 2. The molecule has 46 heavy (non-hydrogen) atoms. The number of nitrogens with zero attached hydrogens (tertiary/aromatic N) is 2. The van der Waals surface area contributed by atoms with Crippen LogP contribution in [0.15, 0.2) is 97.3 Å². The Morgan fingerprint density at radius 2 is 1.02 bits per heavy atom. The summed E-state index contributed by atoms with van der Waals surface area (Å²) in [4.78, 5) is 26.1. The molecule has 0 bridgehead atoms. The summed E-state index contributed by atoms with van der Waals surface area (Å²) in [7, 11) is 0. The second kappa shape index (κ2) is 16.6. The van der Waals surface area contributed by atoms with Crippen LogP contribution in [-0.4, -0.2) is 38.2 Å². The van der Waals surface area contributed by atoms with Gasteiger partial charge in [0.2, 0.25) is 11.0 Å². The van der Waals surface area contributed by atoms with Crippen LogP contribution in [0, 0.1) is 0 Å². The monoisotopic (exact) mass is 620 g/mol. The Hall–Kier alpha value is -4.66. The zero-order chi connectivity index (χ0) is 32.1. The average molecular weight is 621 g/mol. The molecule has 0 fully saturated rings. The number of unbranched alkanes of at least 4 members (excludes halogenated alkanes) is 2. The maximum absolute atomic E-state index is 13.0. The maximum atomic E-state index is 13.0. The highest BCUT2D eigenvalue weighted by Crippen LogP contribution is 2.19. The van der Waals surface area contributed by atoms with Crippen molar-refractivity contribution < 1.29 is 28.2 Å². The minimum absolute atomic E-state index is 0.238. The predicted molar refractivity (Wildman–Crippen MR) is 182 cm³/mol. The quantitative estimate of drug-likeness (QED) is 0.0949. The molecule has 2 N–H and O–H groups in total. The third-order valence-corrected chi connectivity index (χ3v) is 7.92. The Bertz CT molecular complexity index is 1640. The number of aromatic nitrogens is 2. The Labute approximate surface area is 271 Å². The second-order valence-electron chi connectivity index (χ2n) is 11.4. The fourth-order valence-corrected chi connectivity index (χ4v) is 5.31. The molecule has 2 aromatic heterocycles. The number of hydrogen-bond acceptors (Lipinski definition) is 4. The number of carbonyl (C=O) groups excluding carboxylic acids is 2. The number of amides is 2. The molecular weight excluding hydrogens is 576 g/mol. The summed E-state index contributed by atoms with van der Waals surface area (Å²) < 4.78 is 15.8. The van der Waals surface area contributed by atoms with Gasteiger partial charge in [-0.25, -0.2) is 0 Å². The van der Waals surface area contributed by atoms with Crippen LogP contribution in [0.2, 0.25) is 0 Å². The highest BCUT2D eigenvalue weighted by Gasteiger charge is 2.14. The molecule has 0 spiro atoms. The van der Waals surface area contributed by atoms with Crippen molar-refractivity contribution in [3.8, 4) is 0 Å². The van der Waals surface area contributed by atoms with Crippen molar-refractivity contribution in [2.24, 2.45) is 0 Å². The lowest BCUT2D eigenvalue weighted by Crippen LogP contribution is -2.36. The zero-order valence-electron chi connectivity index (χ0n) is 26.8. The zero-order valence-corrected chi connectivity index (χ0v) is 26.8. The smallest absolute Gasteiger partial charge is 0.255 e. The van der Waals surface area contributed by atoms with Crippen molar-refractivity contribution in [1.29, 1.82) is 0 Å². The SMILES string of the molecule is CCCCOCC[n+]1cccc2cc(NC(=O)c3ccc(C(=O)Nc4ccc5c(ccc[n+]5CCOCCCC)c4)cc3)ccc21. The van der Waals surface area contributed by atoms with Crippen molar-refractivity contribution in [3.05, 3.63) is 108 Å². The molecule has 5 aromatic rings. The van der Waals surface area contributed by atoms with E-state index < -0.39 is 0 Å². The molecule has 0 atom stereocenters. The Kier molecular flexibility index (Phi) is 11.8. The summed E-state index contributed by atoms with van der Waals surface area (Å²) in [5.41, 5.74) is 4.51. The molecule has 8 nitrogen and oxygen atoms in total. The topological polar surface area (TPSA) is 84.4 Å². The van der Waals surface area contributed by atoms with Gasteiger partial charge in [0.25, 0.3) is 11.8 Å². The first-order valence-corrected chi connectivity index (χ1v) is 16.3. The van der Waals surface area contributed by atoms with E-state index in [9.17, 15) is 9.59 Å². The van der Waals surface area contributed by atoms with Gasteiger partial charge in [-0.3, -0.25) is 9.59 Å². The molecule has 2 amide bonds. The van der Waals surface area contributed by atoms with Gasteiger partial charge in [0.15, 0.2) is 25.5 Å². The van der Waals surface area contributed by atoms with Crippen LogP contribution < -0.4 is 19.8 Å². The molecule has 3 aromatic carbocycles. The molecule has 0 aliphatic heterocycles. The third-order valence-electron chi connectivity index (χ3n) is 7.92. The first-order chi connectivity index (χ1) is 22.6. The van der Waals surface area contributed by atoms with E-state index in [1.54, 1.807) is 24.3 Å². The van der Waals surface area contributed by atoms with Gasteiger partial charge < -0.3 is 20.1 Å². The van der Waals surface area contributed by atoms with Gasteiger partial charge in [0.1, 0.15) is 13.2 Å². The summed E-state index contributed by atoms with van der Waals surface area (Å²) in [6.07, 6.45) is 8.48. The van der Waals surface area contributed by atoms with Gasteiger partial charge in [-0.15, -0.1) is 0 Å². The largest absolute Gasteiger partial charge is 0.375 e. The van der Waals surface area contributed by atoms with Crippen LogP contribution in [0.3, 0.4) is 0 Å². The lowest BCUT2D eigenvalue weighted by molar-refractivity contribution is -0.673. The number of hydrogen-bond donors (Lipinski definition) is 2. The normalized spacial score (nSPS) is 11.2. The summed E-state index contributed by atoms with van der Waals surface area (Å²) in [6.45, 7) is 8.73. The predicted octanol–water partition coefficient (Wildman–Crippen LogP) is 6.71. The Morgan fingerprint density at radius 1 is 0.587 bits per heavy atom. The Morgan fingerprint density at radius 3 is 1.43 bits per heavy atom. The van der Waals surface area contributed by atoms with Crippen molar-refractivity contribution in [3.63, 3.8) is 0 Å². The second-order valence-corrected chi connectivity index (χ2v) is 11.4. The fraction of sp³-hybridized carbons (Fsp3) is 0.316. The summed E-state index contributed by atoms with van der Waals surface area (Å²) >= 11 is 0. The number of nitrogens with one attached hydrogen (secondary N) is 2. The van der Waals surface area contributed by atoms with Gasteiger partial charge in [0, 0.05) is 70.8 Å².